The van der Waals surface area contributed by atoms with Crippen LogP contribution in [0.25, 0.3) is 11.0 Å². The molecule has 1 amide bonds. The molecule has 6 nitrogen and oxygen atoms in total. The van der Waals surface area contributed by atoms with Gasteiger partial charge in [-0.25, -0.2) is 0 Å². The summed E-state index contributed by atoms with van der Waals surface area (Å²) in [6.07, 6.45) is 1.49. The number of amides is 1. The molecule has 5 rings (SSSR count). The van der Waals surface area contributed by atoms with Gasteiger partial charge in [-0.1, -0.05) is 42.5 Å². The lowest BCUT2D eigenvalue weighted by Gasteiger charge is -2.34. The number of hydrogen-bond acceptors (Lipinski definition) is 5. The first-order valence-electron chi connectivity index (χ1n) is 10.0. The molecule has 1 atom stereocenters. The molecule has 4 aromatic rings. The van der Waals surface area contributed by atoms with Crippen molar-refractivity contribution in [2.24, 2.45) is 0 Å². The van der Waals surface area contributed by atoms with Crippen molar-refractivity contribution in [3.8, 4) is 0 Å². The van der Waals surface area contributed by atoms with Gasteiger partial charge in [-0.15, -0.1) is 0 Å². The van der Waals surface area contributed by atoms with Gasteiger partial charge in [0.25, 0.3) is 5.91 Å². The minimum Gasteiger partial charge on any atom is -0.459 e. The van der Waals surface area contributed by atoms with Gasteiger partial charge in [0.2, 0.25) is 0 Å². The number of anilines is 1. The van der Waals surface area contributed by atoms with E-state index in [1.165, 1.54) is 6.26 Å². The molecule has 6 heteroatoms. The van der Waals surface area contributed by atoms with Crippen molar-refractivity contribution >= 4 is 22.6 Å². The first kappa shape index (κ1) is 18.7. The van der Waals surface area contributed by atoms with Crippen molar-refractivity contribution in [3.63, 3.8) is 0 Å². The number of nitrogens with zero attached hydrogens (tertiary/aromatic N) is 1. The highest BCUT2D eigenvalue weighted by Gasteiger charge is 2.31. The molecule has 0 radical (unpaired) electrons. The second-order valence-electron chi connectivity index (χ2n) is 7.23. The van der Waals surface area contributed by atoms with E-state index in [2.05, 4.69) is 22.3 Å². The van der Waals surface area contributed by atoms with Gasteiger partial charge < -0.3 is 18.9 Å². The third-order valence-corrected chi connectivity index (χ3v) is 5.38. The van der Waals surface area contributed by atoms with Crippen LogP contribution >= 0.6 is 0 Å². The van der Waals surface area contributed by atoms with Crippen LogP contribution in [0.1, 0.15) is 27.9 Å². The molecule has 3 heterocycles. The standard InChI is InChI=1S/C24H22N2O4/c27-24(20-11-6-14-29-20)25-21-18-9-4-5-10-19(18)30-23(21)22(17-7-2-1-3-8-17)26-12-15-28-16-13-26/h1-11,14,22H,12-13,15-16H2,(H,25,27). The number of hydrogen-bond donors (Lipinski definition) is 1. The second kappa shape index (κ2) is 8.18. The molecule has 0 bridgehead atoms. The fourth-order valence-electron chi connectivity index (χ4n) is 3.97. The Morgan fingerprint density at radius 3 is 2.47 bits per heavy atom. The average molecular weight is 402 g/mol. The highest BCUT2D eigenvalue weighted by atomic mass is 16.5. The van der Waals surface area contributed by atoms with Crippen molar-refractivity contribution in [2.75, 3.05) is 31.6 Å². The number of carbonyl (C=O) groups excluding carboxylic acids is 1. The summed E-state index contributed by atoms with van der Waals surface area (Å²) in [6, 6.07) is 21.2. The van der Waals surface area contributed by atoms with Crippen molar-refractivity contribution in [2.45, 2.75) is 6.04 Å². The van der Waals surface area contributed by atoms with Crippen LogP contribution in [-0.4, -0.2) is 37.1 Å². The zero-order chi connectivity index (χ0) is 20.3. The van der Waals surface area contributed by atoms with Crippen LogP contribution in [-0.2, 0) is 4.74 Å². The smallest absolute Gasteiger partial charge is 0.291 e. The maximum Gasteiger partial charge on any atom is 0.291 e. The maximum atomic E-state index is 12.8. The van der Waals surface area contributed by atoms with Crippen molar-refractivity contribution in [1.29, 1.82) is 0 Å². The number of furan rings is 2. The molecule has 1 saturated heterocycles. The Labute approximate surface area is 174 Å². The Hall–Kier alpha value is -3.35. The summed E-state index contributed by atoms with van der Waals surface area (Å²) in [5.74, 6) is 0.666. The highest BCUT2D eigenvalue weighted by Crippen LogP contribution is 2.40. The number of morpholine rings is 1. The predicted octanol–water partition coefficient (Wildman–Crippen LogP) is 4.70. The van der Waals surface area contributed by atoms with E-state index in [0.717, 1.165) is 29.6 Å². The number of benzene rings is 2. The van der Waals surface area contributed by atoms with E-state index in [-0.39, 0.29) is 17.7 Å². The lowest BCUT2D eigenvalue weighted by Crippen LogP contribution is -2.39. The fraction of sp³-hybridized carbons (Fsp3) is 0.208. The van der Waals surface area contributed by atoms with Crippen molar-refractivity contribution in [1.82, 2.24) is 4.90 Å². The van der Waals surface area contributed by atoms with E-state index in [1.807, 2.05) is 42.5 Å². The van der Waals surface area contributed by atoms with Crippen LogP contribution in [0.3, 0.4) is 0 Å². The van der Waals surface area contributed by atoms with E-state index in [0.29, 0.717) is 24.7 Å². The van der Waals surface area contributed by atoms with E-state index in [9.17, 15) is 4.79 Å². The summed E-state index contributed by atoms with van der Waals surface area (Å²) in [5.41, 5.74) is 2.51. The first-order valence-corrected chi connectivity index (χ1v) is 10.0. The second-order valence-corrected chi connectivity index (χ2v) is 7.23. The molecule has 1 aliphatic heterocycles. The zero-order valence-corrected chi connectivity index (χ0v) is 16.4. The molecule has 2 aromatic heterocycles. The quantitative estimate of drug-likeness (QED) is 0.524. The summed E-state index contributed by atoms with van der Waals surface area (Å²) in [6.45, 7) is 2.89. The Balaban J connectivity index is 1.64. The molecule has 0 aliphatic carbocycles. The van der Waals surface area contributed by atoms with Gasteiger partial charge in [-0.3, -0.25) is 9.69 Å². The molecular formula is C24H22N2O4. The topological polar surface area (TPSA) is 67.9 Å². The Morgan fingerprint density at radius 1 is 0.933 bits per heavy atom. The lowest BCUT2D eigenvalue weighted by molar-refractivity contribution is 0.0206. The van der Waals surface area contributed by atoms with Crippen LogP contribution in [0.5, 0.6) is 0 Å². The van der Waals surface area contributed by atoms with Gasteiger partial charge in [0, 0.05) is 18.5 Å². The summed E-state index contributed by atoms with van der Waals surface area (Å²) >= 11 is 0. The molecule has 1 unspecified atom stereocenters. The number of fused-ring (bicyclic) bond motifs is 1. The van der Waals surface area contributed by atoms with Crippen molar-refractivity contribution in [3.05, 3.63) is 90.1 Å². The summed E-state index contributed by atoms with van der Waals surface area (Å²) in [7, 11) is 0. The third kappa shape index (κ3) is 3.51. The van der Waals surface area contributed by atoms with Gasteiger partial charge >= 0.3 is 0 Å². The molecule has 30 heavy (non-hydrogen) atoms. The van der Waals surface area contributed by atoms with E-state index in [1.54, 1.807) is 12.1 Å². The summed E-state index contributed by atoms with van der Waals surface area (Å²) in [4.78, 5) is 15.2. The third-order valence-electron chi connectivity index (χ3n) is 5.38. The summed E-state index contributed by atoms with van der Waals surface area (Å²) in [5, 5.41) is 3.90. The molecule has 0 saturated carbocycles. The largest absolute Gasteiger partial charge is 0.459 e. The van der Waals surface area contributed by atoms with Gasteiger partial charge in [0.1, 0.15) is 11.3 Å². The van der Waals surface area contributed by atoms with Crippen LogP contribution in [0.15, 0.2) is 81.8 Å². The van der Waals surface area contributed by atoms with Gasteiger partial charge in [0.05, 0.1) is 31.2 Å². The molecule has 1 N–H and O–H groups in total. The molecule has 0 spiro atoms. The number of rotatable bonds is 5. The maximum absolute atomic E-state index is 12.8. The molecule has 1 aliphatic rings. The van der Waals surface area contributed by atoms with Gasteiger partial charge in [0.15, 0.2) is 5.76 Å². The van der Waals surface area contributed by atoms with Crippen LogP contribution in [0.4, 0.5) is 5.69 Å². The minimum atomic E-state index is -0.304. The predicted molar refractivity (Wildman–Crippen MR) is 114 cm³/mol. The number of carbonyl (C=O) groups is 1. The molecule has 1 fully saturated rings. The van der Waals surface area contributed by atoms with Crippen LogP contribution < -0.4 is 5.32 Å². The van der Waals surface area contributed by atoms with Gasteiger partial charge in [-0.05, 0) is 29.8 Å². The SMILES string of the molecule is O=C(Nc1c(C(c2ccccc2)N2CCOCC2)oc2ccccc12)c1ccco1. The lowest BCUT2D eigenvalue weighted by atomic mass is 10.0. The van der Waals surface area contributed by atoms with Crippen LogP contribution in [0.2, 0.25) is 0 Å². The fourth-order valence-corrected chi connectivity index (χ4v) is 3.97. The zero-order valence-electron chi connectivity index (χ0n) is 16.4. The molecule has 152 valence electrons. The Morgan fingerprint density at radius 2 is 1.70 bits per heavy atom. The van der Waals surface area contributed by atoms with E-state index < -0.39 is 0 Å². The van der Waals surface area contributed by atoms with Crippen molar-refractivity contribution < 1.29 is 18.4 Å². The van der Waals surface area contributed by atoms with E-state index in [4.69, 9.17) is 13.6 Å². The van der Waals surface area contributed by atoms with Gasteiger partial charge in [-0.2, -0.15) is 0 Å². The Kier molecular flexibility index (Phi) is 5.09. The normalized spacial score (nSPS) is 15.9. The number of para-hydroxylation sites is 1. The monoisotopic (exact) mass is 402 g/mol. The summed E-state index contributed by atoms with van der Waals surface area (Å²) < 4.78 is 17.2. The number of ether oxygens (including phenoxy) is 1. The van der Waals surface area contributed by atoms with E-state index >= 15 is 0 Å². The molecule has 2 aromatic carbocycles. The number of nitrogens with one attached hydrogen (secondary N) is 1. The minimum absolute atomic E-state index is 0.144. The highest BCUT2D eigenvalue weighted by molar-refractivity contribution is 6.08. The van der Waals surface area contributed by atoms with Crippen LogP contribution in [0, 0.1) is 0 Å². The molecular weight excluding hydrogens is 380 g/mol. The Bertz CT molecular complexity index is 1130. The first-order chi connectivity index (χ1) is 14.8. The average Bonchev–Trinajstić information content (AvgIpc) is 3.45.